The van der Waals surface area contributed by atoms with Crippen molar-refractivity contribution in [3.63, 3.8) is 0 Å². The number of ether oxygens (including phenoxy) is 2. The molecule has 0 amide bonds. The molecular weight excluding hydrogens is 278 g/mol. The molecule has 10 heteroatoms. The largest absolute Gasteiger partial charge is 0.468 e. The molecule has 0 radical (unpaired) electrons. The number of esters is 2. The maximum atomic E-state index is 11.1. The van der Waals surface area contributed by atoms with Crippen LogP contribution in [0.5, 0.6) is 0 Å². The van der Waals surface area contributed by atoms with Gasteiger partial charge in [-0.2, -0.15) is 0 Å². The number of nitrogens with zero attached hydrogens (tertiary/aromatic N) is 1. The van der Waals surface area contributed by atoms with Crippen LogP contribution in [0.15, 0.2) is 0 Å². The van der Waals surface area contributed by atoms with E-state index in [0.29, 0.717) is 0 Å². The number of carbonyl (C=O) groups excluding carboxylic acids is 2. The number of methoxy groups -OCH3 is 2. The van der Waals surface area contributed by atoms with Crippen LogP contribution in [0.4, 0.5) is 0 Å². The molecule has 19 heavy (non-hydrogen) atoms. The molecule has 112 valence electrons. The Morgan fingerprint density at radius 1 is 1.05 bits per heavy atom. The van der Waals surface area contributed by atoms with Crippen LogP contribution >= 0.6 is 0 Å². The molecule has 0 fully saturated rings. The van der Waals surface area contributed by atoms with Crippen molar-refractivity contribution in [2.45, 2.75) is 0 Å². The first kappa shape index (κ1) is 17.8. The molecule has 9 nitrogen and oxygen atoms in total. The van der Waals surface area contributed by atoms with E-state index in [4.69, 9.17) is 0 Å². The number of hydrogen-bond donors (Lipinski definition) is 2. The van der Waals surface area contributed by atoms with Crippen molar-refractivity contribution < 1.29 is 27.5 Å². The maximum Gasteiger partial charge on any atom is 0.321 e. The number of hydrogen-bond acceptors (Lipinski definition) is 8. The second-order valence-electron chi connectivity index (χ2n) is 3.58. The quantitative estimate of drug-likeness (QED) is 0.277. The summed E-state index contributed by atoms with van der Waals surface area (Å²) in [6.45, 7) is 0.00763. The average molecular weight is 297 g/mol. The van der Waals surface area contributed by atoms with Gasteiger partial charge in [-0.25, -0.2) is 18.1 Å². The molecule has 0 rings (SSSR count). The summed E-state index contributed by atoms with van der Waals surface area (Å²) in [6.07, 6.45) is 1.04. The molecule has 0 saturated carbocycles. The third-order valence-corrected chi connectivity index (χ3v) is 2.65. The monoisotopic (exact) mass is 297 g/mol. The van der Waals surface area contributed by atoms with E-state index in [9.17, 15) is 18.0 Å². The van der Waals surface area contributed by atoms with Gasteiger partial charge < -0.3 is 9.47 Å². The Balaban J connectivity index is 4.18. The number of hydrazine groups is 1. The standard InChI is InChI=1S/C9H19N3O6S/c1-17-8(13)6-12(7-9(14)18-2)10-4-5-11-19(3,15)16/h10-11H,4-7H2,1-3H3. The zero-order valence-electron chi connectivity index (χ0n) is 11.1. The third-order valence-electron chi connectivity index (χ3n) is 1.92. The summed E-state index contributed by atoms with van der Waals surface area (Å²) in [4.78, 5) is 22.2. The Hall–Kier alpha value is -1.23. The summed E-state index contributed by atoms with van der Waals surface area (Å²) in [5.41, 5.74) is 2.73. The third kappa shape index (κ3) is 10.4. The summed E-state index contributed by atoms with van der Waals surface area (Å²) in [5.74, 6) is -1.07. The highest BCUT2D eigenvalue weighted by Crippen LogP contribution is 1.87. The summed E-state index contributed by atoms with van der Waals surface area (Å²) in [5, 5.41) is 1.28. The molecule has 0 saturated heterocycles. The van der Waals surface area contributed by atoms with Crippen molar-refractivity contribution >= 4 is 22.0 Å². The lowest BCUT2D eigenvalue weighted by Gasteiger charge is -2.20. The molecule has 0 aromatic carbocycles. The summed E-state index contributed by atoms with van der Waals surface area (Å²) in [6, 6.07) is 0. The predicted molar refractivity (Wildman–Crippen MR) is 66.5 cm³/mol. The molecule has 0 aromatic heterocycles. The first-order valence-corrected chi connectivity index (χ1v) is 7.24. The van der Waals surface area contributed by atoms with Crippen LogP contribution in [0.25, 0.3) is 0 Å². The minimum atomic E-state index is -3.27. The van der Waals surface area contributed by atoms with Gasteiger partial charge in [0.2, 0.25) is 10.0 Å². The Labute approximate surface area is 112 Å². The van der Waals surface area contributed by atoms with E-state index in [1.807, 2.05) is 0 Å². The van der Waals surface area contributed by atoms with Crippen LogP contribution in [-0.4, -0.2) is 72.0 Å². The first-order chi connectivity index (χ1) is 8.78. The molecule has 0 spiro atoms. The highest BCUT2D eigenvalue weighted by molar-refractivity contribution is 7.88. The van der Waals surface area contributed by atoms with Crippen molar-refractivity contribution in [1.29, 1.82) is 0 Å². The molecule has 0 atom stereocenters. The summed E-state index contributed by atoms with van der Waals surface area (Å²) < 4.78 is 32.9. The van der Waals surface area contributed by atoms with E-state index >= 15 is 0 Å². The number of carbonyl (C=O) groups is 2. The van der Waals surface area contributed by atoms with E-state index < -0.39 is 22.0 Å². The fourth-order valence-corrected chi connectivity index (χ4v) is 1.53. The van der Waals surface area contributed by atoms with Crippen LogP contribution in [0.3, 0.4) is 0 Å². The van der Waals surface area contributed by atoms with Crippen LogP contribution < -0.4 is 10.1 Å². The van der Waals surface area contributed by atoms with Crippen molar-refractivity contribution in [3.05, 3.63) is 0 Å². The van der Waals surface area contributed by atoms with Crippen LogP contribution in [0, 0.1) is 0 Å². The van der Waals surface area contributed by atoms with Gasteiger partial charge in [-0.3, -0.25) is 15.0 Å². The topological polar surface area (TPSA) is 114 Å². The fraction of sp³-hybridized carbons (Fsp3) is 0.778. The number of nitrogens with one attached hydrogen (secondary N) is 2. The van der Waals surface area contributed by atoms with Gasteiger partial charge in [0.1, 0.15) is 13.1 Å². The Kier molecular flexibility index (Phi) is 8.23. The van der Waals surface area contributed by atoms with Gasteiger partial charge in [0.15, 0.2) is 0 Å². The zero-order chi connectivity index (χ0) is 14.9. The minimum Gasteiger partial charge on any atom is -0.468 e. The van der Waals surface area contributed by atoms with Crippen molar-refractivity contribution in [2.24, 2.45) is 0 Å². The van der Waals surface area contributed by atoms with E-state index in [-0.39, 0.29) is 26.2 Å². The summed E-state index contributed by atoms with van der Waals surface area (Å²) >= 11 is 0. The van der Waals surface area contributed by atoms with Gasteiger partial charge in [-0.05, 0) is 0 Å². The molecule has 0 aromatic rings. The van der Waals surface area contributed by atoms with Crippen LogP contribution in [0.2, 0.25) is 0 Å². The molecule has 2 N–H and O–H groups in total. The van der Waals surface area contributed by atoms with Crippen LogP contribution in [-0.2, 0) is 29.1 Å². The zero-order valence-corrected chi connectivity index (χ0v) is 11.9. The average Bonchev–Trinajstić information content (AvgIpc) is 2.32. The van der Waals surface area contributed by atoms with Crippen molar-refractivity contribution in [3.8, 4) is 0 Å². The number of sulfonamides is 1. The molecular formula is C9H19N3O6S. The summed E-state index contributed by atoms with van der Waals surface area (Å²) in [7, 11) is -0.817. The van der Waals surface area contributed by atoms with Gasteiger partial charge in [-0.1, -0.05) is 0 Å². The molecule has 0 aliphatic heterocycles. The molecule has 0 aliphatic rings. The molecule has 0 heterocycles. The van der Waals surface area contributed by atoms with Gasteiger partial charge in [0, 0.05) is 13.1 Å². The van der Waals surface area contributed by atoms with E-state index in [2.05, 4.69) is 19.6 Å². The lowest BCUT2D eigenvalue weighted by molar-refractivity contribution is -0.147. The fourth-order valence-electron chi connectivity index (χ4n) is 1.06. The van der Waals surface area contributed by atoms with Gasteiger partial charge in [0.25, 0.3) is 0 Å². The first-order valence-electron chi connectivity index (χ1n) is 5.35. The van der Waals surface area contributed by atoms with E-state index in [1.54, 1.807) is 0 Å². The van der Waals surface area contributed by atoms with E-state index in [0.717, 1.165) is 6.26 Å². The van der Waals surface area contributed by atoms with Crippen molar-refractivity contribution in [1.82, 2.24) is 15.2 Å². The van der Waals surface area contributed by atoms with Gasteiger partial charge in [-0.15, -0.1) is 0 Å². The van der Waals surface area contributed by atoms with Gasteiger partial charge >= 0.3 is 11.9 Å². The minimum absolute atomic E-state index is 0.123. The lowest BCUT2D eigenvalue weighted by Crippen LogP contribution is -2.47. The van der Waals surface area contributed by atoms with Gasteiger partial charge in [0.05, 0.1) is 20.5 Å². The predicted octanol–water partition coefficient (Wildman–Crippen LogP) is -2.31. The smallest absolute Gasteiger partial charge is 0.321 e. The second kappa shape index (κ2) is 8.80. The number of rotatable bonds is 9. The second-order valence-corrected chi connectivity index (χ2v) is 5.42. The Morgan fingerprint density at radius 2 is 1.53 bits per heavy atom. The molecule has 0 unspecified atom stereocenters. The Morgan fingerprint density at radius 3 is 1.89 bits per heavy atom. The van der Waals surface area contributed by atoms with E-state index in [1.165, 1.54) is 19.2 Å². The van der Waals surface area contributed by atoms with Crippen LogP contribution in [0.1, 0.15) is 0 Å². The highest BCUT2D eigenvalue weighted by atomic mass is 32.2. The Bertz CT molecular complexity index is 379. The SMILES string of the molecule is COC(=O)CN(CC(=O)OC)NCCNS(C)(=O)=O. The van der Waals surface area contributed by atoms with Crippen molar-refractivity contribution in [2.75, 3.05) is 46.7 Å². The maximum absolute atomic E-state index is 11.1. The molecule has 0 aliphatic carbocycles. The normalized spacial score (nSPS) is 11.4. The lowest BCUT2D eigenvalue weighted by atomic mass is 10.5. The highest BCUT2D eigenvalue weighted by Gasteiger charge is 2.14. The molecule has 0 bridgehead atoms.